The lowest BCUT2D eigenvalue weighted by Gasteiger charge is -2.27. The molecule has 0 saturated carbocycles. The number of nitrogens with zero attached hydrogens (tertiary/aromatic N) is 1. The lowest BCUT2D eigenvalue weighted by atomic mass is 10.1. The SMILES string of the molecule is COC(=O)c1ccc(C[P+](c2ccccc2)(c2ccccc2)c2ccccc2)c([N+](=O)[O-])c1.[Br-]. The number of carbonyl (C=O) groups excluding carboxylic acids is 1. The van der Waals surface area contributed by atoms with E-state index < -0.39 is 18.2 Å². The molecule has 0 N–H and O–H groups in total. The molecule has 0 atom stereocenters. The van der Waals surface area contributed by atoms with Crippen molar-refractivity contribution < 1.29 is 31.4 Å². The maximum Gasteiger partial charge on any atom is 0.338 e. The van der Waals surface area contributed by atoms with Gasteiger partial charge in [-0.05, 0) is 48.5 Å². The number of halogens is 1. The summed E-state index contributed by atoms with van der Waals surface area (Å²) in [5.41, 5.74) is 0.665. The van der Waals surface area contributed by atoms with Crippen LogP contribution in [0.3, 0.4) is 0 Å². The molecular formula is C27H23BrNO4P. The second-order valence-electron chi connectivity index (χ2n) is 7.57. The number of hydrogen-bond acceptors (Lipinski definition) is 4. The van der Waals surface area contributed by atoms with Crippen LogP contribution in [0.15, 0.2) is 109 Å². The lowest BCUT2D eigenvalue weighted by molar-refractivity contribution is -0.385. The van der Waals surface area contributed by atoms with E-state index in [4.69, 9.17) is 4.74 Å². The van der Waals surface area contributed by atoms with E-state index in [1.54, 1.807) is 12.1 Å². The Hall–Kier alpha value is -3.34. The standard InChI is InChI=1S/C27H23NO4P.BrH/c1-32-27(29)21-17-18-22(26(19-21)28(30)31)20-33(23-11-5-2-6-12-23,24-13-7-3-8-14-24)25-15-9-4-10-16-25;/h2-19H,20H2,1H3;1H/q+1;/p-1. The first kappa shape index (κ1) is 25.3. The van der Waals surface area contributed by atoms with Crippen molar-refractivity contribution in [1.82, 2.24) is 0 Å². The minimum atomic E-state index is -2.31. The number of nitro groups is 1. The van der Waals surface area contributed by atoms with Crippen molar-refractivity contribution in [3.05, 3.63) is 130 Å². The Morgan fingerprint density at radius 1 is 0.794 bits per heavy atom. The highest BCUT2D eigenvalue weighted by atomic mass is 79.9. The van der Waals surface area contributed by atoms with Crippen molar-refractivity contribution in [2.45, 2.75) is 6.16 Å². The summed E-state index contributed by atoms with van der Waals surface area (Å²) in [6.07, 6.45) is 0.447. The van der Waals surface area contributed by atoms with Crippen molar-refractivity contribution in [2.75, 3.05) is 7.11 Å². The molecule has 4 aromatic rings. The molecule has 0 aliphatic carbocycles. The van der Waals surface area contributed by atoms with Gasteiger partial charge >= 0.3 is 5.97 Å². The van der Waals surface area contributed by atoms with Crippen molar-refractivity contribution in [3.8, 4) is 0 Å². The zero-order valence-corrected chi connectivity index (χ0v) is 21.0. The van der Waals surface area contributed by atoms with E-state index in [1.165, 1.54) is 13.2 Å². The van der Waals surface area contributed by atoms with E-state index in [-0.39, 0.29) is 28.2 Å². The molecule has 5 nitrogen and oxygen atoms in total. The number of esters is 1. The molecule has 4 aromatic carbocycles. The van der Waals surface area contributed by atoms with E-state index in [2.05, 4.69) is 36.4 Å². The molecule has 172 valence electrons. The monoisotopic (exact) mass is 535 g/mol. The molecule has 34 heavy (non-hydrogen) atoms. The van der Waals surface area contributed by atoms with E-state index >= 15 is 0 Å². The van der Waals surface area contributed by atoms with Crippen LogP contribution in [-0.2, 0) is 10.9 Å². The molecule has 0 spiro atoms. The molecule has 0 fully saturated rings. The highest BCUT2D eigenvalue weighted by Gasteiger charge is 2.46. The number of methoxy groups -OCH3 is 1. The van der Waals surface area contributed by atoms with Crippen LogP contribution in [0.25, 0.3) is 0 Å². The van der Waals surface area contributed by atoms with Gasteiger partial charge in [0.1, 0.15) is 29.3 Å². The zero-order chi connectivity index (χ0) is 23.3. The first-order chi connectivity index (χ1) is 16.1. The fraction of sp³-hybridized carbons (Fsp3) is 0.0741. The molecule has 0 aliphatic rings. The van der Waals surface area contributed by atoms with Gasteiger partial charge in [0.25, 0.3) is 5.69 Å². The van der Waals surface area contributed by atoms with Crippen LogP contribution in [0.2, 0.25) is 0 Å². The molecule has 4 rings (SSSR count). The maximum atomic E-state index is 12.0. The van der Waals surface area contributed by atoms with Gasteiger partial charge in [-0.15, -0.1) is 0 Å². The highest BCUT2D eigenvalue weighted by Crippen LogP contribution is 2.58. The minimum absolute atomic E-state index is 0. The Morgan fingerprint density at radius 3 is 1.62 bits per heavy atom. The minimum Gasteiger partial charge on any atom is -1.00 e. The molecule has 0 saturated heterocycles. The largest absolute Gasteiger partial charge is 1.00 e. The summed E-state index contributed by atoms with van der Waals surface area (Å²) < 4.78 is 4.77. The highest BCUT2D eigenvalue weighted by molar-refractivity contribution is 7.95. The molecule has 0 unspecified atom stereocenters. The lowest BCUT2D eigenvalue weighted by Crippen LogP contribution is -3.00. The van der Waals surface area contributed by atoms with Gasteiger partial charge in [-0.2, -0.15) is 0 Å². The molecule has 0 aromatic heterocycles. The van der Waals surface area contributed by atoms with E-state index in [9.17, 15) is 14.9 Å². The van der Waals surface area contributed by atoms with Crippen LogP contribution in [0, 0.1) is 10.1 Å². The van der Waals surface area contributed by atoms with Gasteiger partial charge in [-0.25, -0.2) is 4.79 Å². The molecule has 0 aliphatic heterocycles. The third-order valence-electron chi connectivity index (χ3n) is 5.70. The topological polar surface area (TPSA) is 69.4 Å². The maximum absolute atomic E-state index is 12.0. The van der Waals surface area contributed by atoms with Gasteiger partial charge in [0.15, 0.2) is 0 Å². The fourth-order valence-corrected chi connectivity index (χ4v) is 8.40. The Balaban J connectivity index is 0.00000324. The van der Waals surface area contributed by atoms with Crippen molar-refractivity contribution in [3.63, 3.8) is 0 Å². The van der Waals surface area contributed by atoms with E-state index in [0.29, 0.717) is 11.7 Å². The Morgan fingerprint density at radius 2 is 1.24 bits per heavy atom. The van der Waals surface area contributed by atoms with Crippen LogP contribution < -0.4 is 32.9 Å². The third-order valence-corrected chi connectivity index (χ3v) is 10.1. The predicted molar refractivity (Wildman–Crippen MR) is 133 cm³/mol. The Labute approximate surface area is 209 Å². The predicted octanol–water partition coefficient (Wildman–Crippen LogP) is 1.88. The van der Waals surface area contributed by atoms with Crippen LogP contribution in [0.1, 0.15) is 15.9 Å². The zero-order valence-electron chi connectivity index (χ0n) is 18.5. The van der Waals surface area contributed by atoms with Gasteiger partial charge in [0, 0.05) is 6.07 Å². The number of rotatable bonds is 7. The average Bonchev–Trinajstić information content (AvgIpc) is 2.88. The molecule has 0 heterocycles. The van der Waals surface area contributed by atoms with Gasteiger partial charge in [-0.1, -0.05) is 54.6 Å². The third kappa shape index (κ3) is 4.93. The summed E-state index contributed by atoms with van der Waals surface area (Å²) >= 11 is 0. The molecule has 0 bridgehead atoms. The van der Waals surface area contributed by atoms with Crippen molar-refractivity contribution in [2.24, 2.45) is 0 Å². The number of hydrogen-bond donors (Lipinski definition) is 0. The average molecular weight is 536 g/mol. The van der Waals surface area contributed by atoms with Gasteiger partial charge in [0.05, 0.1) is 23.2 Å². The molecule has 0 amide bonds. The summed E-state index contributed by atoms with van der Waals surface area (Å²) in [6.45, 7) is 0. The first-order valence-corrected chi connectivity index (χ1v) is 12.4. The number of benzene rings is 4. The van der Waals surface area contributed by atoms with Gasteiger partial charge < -0.3 is 21.7 Å². The molecule has 0 radical (unpaired) electrons. The van der Waals surface area contributed by atoms with Crippen molar-refractivity contribution >= 4 is 34.8 Å². The quantitative estimate of drug-likeness (QED) is 0.157. The number of nitro benzene ring substituents is 1. The second-order valence-corrected chi connectivity index (χ2v) is 11.1. The summed E-state index contributed by atoms with van der Waals surface area (Å²) in [5, 5.41) is 15.4. The van der Waals surface area contributed by atoms with Crippen LogP contribution >= 0.6 is 7.26 Å². The fourth-order valence-electron chi connectivity index (χ4n) is 4.14. The second kappa shape index (κ2) is 11.2. The van der Waals surface area contributed by atoms with Gasteiger partial charge in [0.2, 0.25) is 0 Å². The van der Waals surface area contributed by atoms with Crippen LogP contribution in [-0.4, -0.2) is 18.0 Å². The summed E-state index contributed by atoms with van der Waals surface area (Å²) in [6, 6.07) is 35.2. The van der Waals surface area contributed by atoms with E-state index in [0.717, 1.165) is 15.9 Å². The summed E-state index contributed by atoms with van der Waals surface area (Å²) in [5.74, 6) is -0.597. The van der Waals surface area contributed by atoms with Crippen LogP contribution in [0.5, 0.6) is 0 Å². The van der Waals surface area contributed by atoms with Crippen LogP contribution in [0.4, 0.5) is 5.69 Å². The molecular weight excluding hydrogens is 513 g/mol. The number of ether oxygens (including phenoxy) is 1. The van der Waals surface area contributed by atoms with E-state index in [1.807, 2.05) is 54.6 Å². The summed E-state index contributed by atoms with van der Waals surface area (Å²) in [4.78, 5) is 23.6. The smallest absolute Gasteiger partial charge is 0.338 e. The van der Waals surface area contributed by atoms with Crippen molar-refractivity contribution in [1.29, 1.82) is 0 Å². The number of carbonyl (C=O) groups is 1. The van der Waals surface area contributed by atoms with Gasteiger partial charge in [-0.3, -0.25) is 10.1 Å². The molecule has 7 heteroatoms. The first-order valence-electron chi connectivity index (χ1n) is 10.5. The Kier molecular flexibility index (Phi) is 8.32. The Bertz CT molecular complexity index is 1170. The normalized spacial score (nSPS) is 10.7. The summed E-state index contributed by atoms with van der Waals surface area (Å²) in [7, 11) is -1.05.